The minimum Gasteiger partial charge on any atom is -0.494 e. The standard InChI is InChI=1S/C15H18N4O/c1-11-6-13(4-5-18-11)15-14(20-3)7-12(9-19-15)8-17-10-16-2/h4-7,9,17H,2,8,10H2,1,3H3. The van der Waals surface area contributed by atoms with E-state index in [0.29, 0.717) is 13.2 Å². The molecular formula is C15H18N4O. The number of rotatable bonds is 6. The number of ether oxygens (including phenoxy) is 1. The maximum atomic E-state index is 5.44. The van der Waals surface area contributed by atoms with Gasteiger partial charge in [0.25, 0.3) is 0 Å². The molecule has 104 valence electrons. The molecule has 5 nitrogen and oxygen atoms in total. The predicted molar refractivity (Wildman–Crippen MR) is 80.0 cm³/mol. The van der Waals surface area contributed by atoms with Crippen molar-refractivity contribution in [3.8, 4) is 17.0 Å². The smallest absolute Gasteiger partial charge is 0.145 e. The van der Waals surface area contributed by atoms with E-state index in [2.05, 4.69) is 27.0 Å². The highest BCUT2D eigenvalue weighted by Gasteiger charge is 2.09. The van der Waals surface area contributed by atoms with Gasteiger partial charge in [-0.3, -0.25) is 20.3 Å². The number of nitrogens with one attached hydrogen (secondary N) is 1. The SMILES string of the molecule is C=NCNCc1cnc(-c2ccnc(C)c2)c(OC)c1. The van der Waals surface area contributed by atoms with E-state index in [1.165, 1.54) is 0 Å². The van der Waals surface area contributed by atoms with E-state index in [-0.39, 0.29) is 0 Å². The Morgan fingerprint density at radius 1 is 1.35 bits per heavy atom. The van der Waals surface area contributed by atoms with Crippen molar-refractivity contribution in [3.05, 3.63) is 41.9 Å². The van der Waals surface area contributed by atoms with Crippen molar-refractivity contribution >= 4 is 6.72 Å². The minimum atomic E-state index is 0.521. The average Bonchev–Trinajstić information content (AvgIpc) is 2.47. The van der Waals surface area contributed by atoms with Crippen molar-refractivity contribution in [2.45, 2.75) is 13.5 Å². The van der Waals surface area contributed by atoms with E-state index in [9.17, 15) is 0 Å². The zero-order chi connectivity index (χ0) is 14.4. The quantitative estimate of drug-likeness (QED) is 0.646. The van der Waals surface area contributed by atoms with E-state index in [1.54, 1.807) is 13.3 Å². The Kier molecular flexibility index (Phi) is 4.79. The van der Waals surface area contributed by atoms with Gasteiger partial charge in [-0.25, -0.2) is 0 Å². The molecule has 0 aliphatic carbocycles. The zero-order valence-corrected chi connectivity index (χ0v) is 11.8. The number of aliphatic imine (C=N–C) groups is 1. The first-order valence-electron chi connectivity index (χ1n) is 6.33. The number of pyridine rings is 2. The Morgan fingerprint density at radius 3 is 2.90 bits per heavy atom. The van der Waals surface area contributed by atoms with Gasteiger partial charge in [-0.15, -0.1) is 0 Å². The lowest BCUT2D eigenvalue weighted by molar-refractivity contribution is 0.414. The molecule has 0 atom stereocenters. The zero-order valence-electron chi connectivity index (χ0n) is 11.8. The van der Waals surface area contributed by atoms with Crippen LogP contribution in [-0.4, -0.2) is 30.5 Å². The van der Waals surface area contributed by atoms with Gasteiger partial charge in [0.1, 0.15) is 11.4 Å². The molecule has 2 heterocycles. The largest absolute Gasteiger partial charge is 0.494 e. The fraction of sp³-hybridized carbons (Fsp3) is 0.267. The molecule has 0 aliphatic rings. The molecule has 0 amide bonds. The maximum Gasteiger partial charge on any atom is 0.145 e. The van der Waals surface area contributed by atoms with Crippen LogP contribution in [0.5, 0.6) is 5.75 Å². The molecule has 2 rings (SSSR count). The second-order valence-electron chi connectivity index (χ2n) is 4.39. The van der Waals surface area contributed by atoms with E-state index >= 15 is 0 Å². The molecule has 1 N–H and O–H groups in total. The maximum absolute atomic E-state index is 5.44. The van der Waals surface area contributed by atoms with Gasteiger partial charge in [-0.1, -0.05) is 0 Å². The van der Waals surface area contributed by atoms with Crippen molar-refractivity contribution in [2.75, 3.05) is 13.8 Å². The third-order valence-electron chi connectivity index (χ3n) is 2.85. The van der Waals surface area contributed by atoms with Crippen LogP contribution in [0.15, 0.2) is 35.6 Å². The predicted octanol–water partition coefficient (Wildman–Crippen LogP) is 2.21. The summed E-state index contributed by atoms with van der Waals surface area (Å²) in [6, 6.07) is 5.90. The first-order chi connectivity index (χ1) is 9.74. The summed E-state index contributed by atoms with van der Waals surface area (Å²) < 4.78 is 5.44. The van der Waals surface area contributed by atoms with Crippen LogP contribution in [0.3, 0.4) is 0 Å². The minimum absolute atomic E-state index is 0.521. The van der Waals surface area contributed by atoms with E-state index in [4.69, 9.17) is 4.74 Å². The summed E-state index contributed by atoms with van der Waals surface area (Å²) in [5.41, 5.74) is 3.82. The number of hydrogen-bond donors (Lipinski definition) is 1. The molecule has 20 heavy (non-hydrogen) atoms. The van der Waals surface area contributed by atoms with Crippen LogP contribution in [0.4, 0.5) is 0 Å². The van der Waals surface area contributed by atoms with Gasteiger partial charge < -0.3 is 4.74 Å². The van der Waals surface area contributed by atoms with Gasteiger partial charge in [0.15, 0.2) is 0 Å². The Balaban J connectivity index is 2.28. The lowest BCUT2D eigenvalue weighted by Gasteiger charge is -2.10. The molecule has 0 bridgehead atoms. The van der Waals surface area contributed by atoms with E-state index in [0.717, 1.165) is 28.3 Å². The van der Waals surface area contributed by atoms with Gasteiger partial charge in [-0.2, -0.15) is 0 Å². The molecular weight excluding hydrogens is 252 g/mol. The highest BCUT2D eigenvalue weighted by molar-refractivity contribution is 5.66. The number of hydrogen-bond acceptors (Lipinski definition) is 5. The van der Waals surface area contributed by atoms with Gasteiger partial charge in [0.05, 0.1) is 13.8 Å². The number of aryl methyl sites for hydroxylation is 1. The van der Waals surface area contributed by atoms with Gasteiger partial charge in [0, 0.05) is 30.2 Å². The van der Waals surface area contributed by atoms with Crippen molar-refractivity contribution in [1.29, 1.82) is 0 Å². The lowest BCUT2D eigenvalue weighted by atomic mass is 10.1. The first-order valence-corrected chi connectivity index (χ1v) is 6.33. The molecule has 0 aliphatic heterocycles. The van der Waals surface area contributed by atoms with Crippen molar-refractivity contribution < 1.29 is 4.74 Å². The van der Waals surface area contributed by atoms with Gasteiger partial charge >= 0.3 is 0 Å². The Hall–Kier alpha value is -2.27. The molecule has 0 unspecified atom stereocenters. The summed E-state index contributed by atoms with van der Waals surface area (Å²) in [5, 5.41) is 3.14. The molecule has 0 spiro atoms. The van der Waals surface area contributed by atoms with Crippen molar-refractivity contribution in [1.82, 2.24) is 15.3 Å². The fourth-order valence-corrected chi connectivity index (χ4v) is 1.93. The fourth-order valence-electron chi connectivity index (χ4n) is 1.93. The highest BCUT2D eigenvalue weighted by Crippen LogP contribution is 2.28. The Morgan fingerprint density at radius 2 is 2.20 bits per heavy atom. The number of nitrogens with zero attached hydrogens (tertiary/aromatic N) is 3. The Labute approximate surface area is 118 Å². The average molecular weight is 270 g/mol. The van der Waals surface area contributed by atoms with Crippen LogP contribution in [0.1, 0.15) is 11.3 Å². The van der Waals surface area contributed by atoms with Crippen LogP contribution in [0, 0.1) is 6.92 Å². The third-order valence-corrected chi connectivity index (χ3v) is 2.85. The Bertz CT molecular complexity index is 598. The molecule has 0 saturated heterocycles. The van der Waals surface area contributed by atoms with Crippen LogP contribution < -0.4 is 10.1 Å². The first kappa shape index (κ1) is 14.1. The second kappa shape index (κ2) is 6.77. The summed E-state index contributed by atoms with van der Waals surface area (Å²) in [5.74, 6) is 0.751. The normalized spacial score (nSPS) is 10.3. The summed E-state index contributed by atoms with van der Waals surface area (Å²) >= 11 is 0. The van der Waals surface area contributed by atoms with Gasteiger partial charge in [0.2, 0.25) is 0 Å². The summed E-state index contributed by atoms with van der Waals surface area (Å²) in [6.07, 6.45) is 3.61. The molecule has 2 aromatic rings. The third kappa shape index (κ3) is 3.39. The van der Waals surface area contributed by atoms with E-state index in [1.807, 2.05) is 31.3 Å². The van der Waals surface area contributed by atoms with Crippen LogP contribution in [-0.2, 0) is 6.54 Å². The van der Waals surface area contributed by atoms with Gasteiger partial charge in [-0.05, 0) is 37.4 Å². The molecule has 0 fully saturated rings. The molecule has 0 saturated carbocycles. The topological polar surface area (TPSA) is 59.4 Å². The summed E-state index contributed by atoms with van der Waals surface area (Å²) in [4.78, 5) is 12.4. The van der Waals surface area contributed by atoms with Crippen molar-refractivity contribution in [2.24, 2.45) is 4.99 Å². The monoisotopic (exact) mass is 270 g/mol. The van der Waals surface area contributed by atoms with Crippen molar-refractivity contribution in [3.63, 3.8) is 0 Å². The number of methoxy groups -OCH3 is 1. The molecule has 0 radical (unpaired) electrons. The number of aromatic nitrogens is 2. The molecule has 0 aromatic carbocycles. The highest BCUT2D eigenvalue weighted by atomic mass is 16.5. The van der Waals surface area contributed by atoms with Crippen LogP contribution in [0.25, 0.3) is 11.3 Å². The van der Waals surface area contributed by atoms with E-state index < -0.39 is 0 Å². The molecule has 5 heteroatoms. The summed E-state index contributed by atoms with van der Waals surface area (Å²) in [7, 11) is 1.65. The van der Waals surface area contributed by atoms with Crippen LogP contribution >= 0.6 is 0 Å². The molecule has 2 aromatic heterocycles. The van der Waals surface area contributed by atoms with Crippen LogP contribution in [0.2, 0.25) is 0 Å². The lowest BCUT2D eigenvalue weighted by Crippen LogP contribution is -2.13. The second-order valence-corrected chi connectivity index (χ2v) is 4.39. The summed E-state index contributed by atoms with van der Waals surface area (Å²) in [6.45, 7) is 6.58.